The number of amides is 11. The fraction of sp³-hybridized carbons (Fsp3) is 0.532. The molecule has 0 saturated carbocycles. The van der Waals surface area contributed by atoms with Gasteiger partial charge in [0.25, 0.3) is 0 Å². The quantitative estimate of drug-likeness (QED) is 0.0130. The lowest BCUT2D eigenvalue weighted by atomic mass is 9.98. The second-order valence-electron chi connectivity index (χ2n) is 24.4. The summed E-state index contributed by atoms with van der Waals surface area (Å²) in [5.74, 6) is -14.7. The van der Waals surface area contributed by atoms with Gasteiger partial charge in [-0.1, -0.05) is 91.8 Å². The minimum absolute atomic E-state index is 0.0904. The molecule has 31 nitrogen and oxygen atoms in total. The molecule has 24 N–H and O–H groups in total. The highest BCUT2D eigenvalue weighted by Crippen LogP contribution is 2.22. The van der Waals surface area contributed by atoms with Crippen LogP contribution in [-0.2, 0) is 70.4 Å². The molecule has 0 saturated heterocycles. The molecule has 0 bridgehead atoms. The lowest BCUT2D eigenvalue weighted by Gasteiger charge is -2.30. The zero-order chi connectivity index (χ0) is 69.4. The monoisotopic (exact) mass is 1300 g/mol. The van der Waals surface area contributed by atoms with Gasteiger partial charge in [-0.15, -0.1) is 0 Å². The number of para-hydroxylation sites is 2. The molecule has 93 heavy (non-hydrogen) atoms. The topological polar surface area (TPSA) is 531 Å². The third kappa shape index (κ3) is 23.5. The van der Waals surface area contributed by atoms with Crippen molar-refractivity contribution in [2.75, 3.05) is 13.1 Å². The number of rotatable bonds is 39. The number of hydrogen-bond acceptors (Lipinski definition) is 15. The summed E-state index contributed by atoms with van der Waals surface area (Å²) >= 11 is 0. The van der Waals surface area contributed by atoms with Crippen LogP contribution in [0.15, 0.2) is 60.9 Å². The Balaban J connectivity index is 1.60. The van der Waals surface area contributed by atoms with Crippen LogP contribution in [0.4, 0.5) is 0 Å². The number of H-pyrrole nitrogens is 2. The Morgan fingerprint density at radius 1 is 0.452 bits per heavy atom. The Bertz CT molecular complexity index is 3290. The van der Waals surface area contributed by atoms with E-state index in [1.807, 2.05) is 18.2 Å². The van der Waals surface area contributed by atoms with Crippen molar-refractivity contribution in [1.29, 1.82) is 5.41 Å². The van der Waals surface area contributed by atoms with Crippen LogP contribution in [0.2, 0.25) is 0 Å². The molecular formula is C62H94N18O13. The number of unbranched alkanes of at least 4 members (excludes halogenated alkanes) is 1. The molecular weight excluding hydrogens is 1200 g/mol. The fourth-order valence-corrected chi connectivity index (χ4v) is 10.2. The van der Waals surface area contributed by atoms with Gasteiger partial charge in [-0.25, -0.2) is 4.79 Å². The van der Waals surface area contributed by atoms with Crippen molar-refractivity contribution in [2.45, 2.75) is 174 Å². The molecule has 0 radical (unpaired) electrons. The van der Waals surface area contributed by atoms with Crippen LogP contribution in [0.5, 0.6) is 0 Å². The number of carbonyl (C=O) groups excluding carboxylic acids is 11. The van der Waals surface area contributed by atoms with Crippen molar-refractivity contribution < 1.29 is 62.6 Å². The molecule has 0 aliphatic carbocycles. The summed E-state index contributed by atoms with van der Waals surface area (Å²) in [6.45, 7) is 13.3. The summed E-state index contributed by atoms with van der Waals surface area (Å²) in [6.07, 6.45) is 2.77. The van der Waals surface area contributed by atoms with Gasteiger partial charge in [0, 0.05) is 53.6 Å². The van der Waals surface area contributed by atoms with E-state index in [-0.39, 0.29) is 44.7 Å². The number of carboxylic acid groups (broad SMARTS) is 1. The molecule has 10 unspecified atom stereocenters. The van der Waals surface area contributed by atoms with Gasteiger partial charge in [-0.05, 0) is 85.6 Å². The molecule has 4 aromatic rings. The number of guanidine groups is 1. The van der Waals surface area contributed by atoms with Crippen molar-refractivity contribution >= 4 is 98.7 Å². The number of carboxylic acids is 1. The minimum Gasteiger partial charge on any atom is -0.480 e. The average Bonchev–Trinajstić information content (AvgIpc) is 1.78. The van der Waals surface area contributed by atoms with Crippen LogP contribution in [0.1, 0.15) is 111 Å². The zero-order valence-corrected chi connectivity index (χ0v) is 53.9. The average molecular weight is 1300 g/mol. The molecule has 0 aliphatic heterocycles. The van der Waals surface area contributed by atoms with Crippen molar-refractivity contribution in [3.63, 3.8) is 0 Å². The maximum atomic E-state index is 14.8. The third-order valence-electron chi connectivity index (χ3n) is 15.4. The summed E-state index contributed by atoms with van der Waals surface area (Å²) in [5.41, 5.74) is 30.8. The van der Waals surface area contributed by atoms with Gasteiger partial charge in [0.15, 0.2) is 5.96 Å². The van der Waals surface area contributed by atoms with E-state index in [1.54, 1.807) is 98.1 Å². The van der Waals surface area contributed by atoms with Gasteiger partial charge in [-0.2, -0.15) is 0 Å². The van der Waals surface area contributed by atoms with Crippen LogP contribution in [0, 0.1) is 29.1 Å². The van der Waals surface area contributed by atoms with Crippen molar-refractivity contribution in [3.8, 4) is 0 Å². The molecule has 4 rings (SSSR count). The maximum absolute atomic E-state index is 14.8. The normalized spacial score (nSPS) is 14.6. The van der Waals surface area contributed by atoms with E-state index in [0.29, 0.717) is 41.3 Å². The molecule has 0 spiro atoms. The predicted octanol–water partition coefficient (Wildman–Crippen LogP) is -2.02. The van der Waals surface area contributed by atoms with Crippen molar-refractivity contribution in [3.05, 3.63) is 72.1 Å². The predicted molar refractivity (Wildman–Crippen MR) is 346 cm³/mol. The number of benzene rings is 2. The van der Waals surface area contributed by atoms with Crippen LogP contribution < -0.4 is 81.8 Å². The highest BCUT2D eigenvalue weighted by molar-refractivity contribution is 6.01. The van der Waals surface area contributed by atoms with E-state index in [9.17, 15) is 62.6 Å². The smallest absolute Gasteiger partial charge is 0.326 e. The van der Waals surface area contributed by atoms with E-state index < -0.39 is 168 Å². The Labute approximate surface area is 539 Å². The molecule has 510 valence electrons. The lowest BCUT2D eigenvalue weighted by molar-refractivity contribution is -0.143. The summed E-state index contributed by atoms with van der Waals surface area (Å²) in [7, 11) is 0. The molecule has 10 atom stereocenters. The summed E-state index contributed by atoms with van der Waals surface area (Å²) < 4.78 is 0. The van der Waals surface area contributed by atoms with Crippen molar-refractivity contribution in [2.24, 2.45) is 52.3 Å². The number of aliphatic carboxylic acids is 1. The molecule has 0 aliphatic rings. The second-order valence-corrected chi connectivity index (χ2v) is 24.4. The zero-order valence-electron chi connectivity index (χ0n) is 53.9. The second kappa shape index (κ2) is 36.4. The van der Waals surface area contributed by atoms with Crippen molar-refractivity contribution in [1.82, 2.24) is 63.1 Å². The number of carbonyl (C=O) groups is 12. The maximum Gasteiger partial charge on any atom is 0.326 e. The van der Waals surface area contributed by atoms with Crippen LogP contribution in [-0.4, -0.2) is 165 Å². The first-order chi connectivity index (χ1) is 43.8. The SMILES string of the molecule is CC(C)C(NC(=O)C(Cc1c[nH]c2ccccc12)NC(=O)C(NC(=O)C(Cc1c[nH]c2ccccc12)NC(=O)C(NC(=O)C(CC(N)=O)NC(=O)C(CC(N)=O)NC(=O)C(NC(=O)C(CCCCN)NC(=O)C(N)CCCNC(=N)N)C(C)C)C(C)C)C(C)C)C(=O)O. The lowest BCUT2D eigenvalue weighted by Crippen LogP contribution is -2.62. The first kappa shape index (κ1) is 75.8. The Morgan fingerprint density at radius 2 is 0.806 bits per heavy atom. The minimum atomic E-state index is -1.87. The summed E-state index contributed by atoms with van der Waals surface area (Å²) in [4.78, 5) is 171. The van der Waals surface area contributed by atoms with Gasteiger partial charge >= 0.3 is 5.97 Å². The summed E-state index contributed by atoms with van der Waals surface area (Å²) in [6, 6.07) is -0.0840. The van der Waals surface area contributed by atoms with Crippen LogP contribution in [0.25, 0.3) is 21.8 Å². The number of nitrogens with one attached hydrogen (secondary N) is 13. The van der Waals surface area contributed by atoms with Gasteiger partial charge < -0.3 is 96.9 Å². The molecule has 0 fully saturated rings. The largest absolute Gasteiger partial charge is 0.480 e. The first-order valence-corrected chi connectivity index (χ1v) is 31.0. The van der Waals surface area contributed by atoms with E-state index in [2.05, 4.69) is 63.1 Å². The number of hydrogen-bond donors (Lipinski definition) is 19. The number of nitrogens with two attached hydrogens (primary N) is 5. The van der Waals surface area contributed by atoms with E-state index in [4.69, 9.17) is 34.1 Å². The Kier molecular flexibility index (Phi) is 29.7. The molecule has 2 aromatic carbocycles. The third-order valence-corrected chi connectivity index (χ3v) is 15.4. The highest BCUT2D eigenvalue weighted by Gasteiger charge is 2.39. The molecule has 2 aromatic heterocycles. The van der Waals surface area contributed by atoms with Gasteiger partial charge in [-0.3, -0.25) is 58.1 Å². The number of aromatic amines is 2. The molecule has 2 heterocycles. The fourth-order valence-electron chi connectivity index (χ4n) is 10.2. The van der Waals surface area contributed by atoms with E-state index in [1.165, 1.54) is 0 Å². The highest BCUT2D eigenvalue weighted by atomic mass is 16.4. The van der Waals surface area contributed by atoms with E-state index >= 15 is 0 Å². The standard InChI is InChI=1S/C62H94N18O13/c1-30(2)48(77-53(84)41(21-13-14-22-63)72-52(83)38(64)18-15-23-69-62(67)68)60(91)76-44(26-46(65)81)54(85)73-45(27-47(66)82)57(88)79-50(32(5)6)59(90)74-42(24-34-28-70-39-19-11-9-16-36(34)39)55(86)78-49(31(3)4)58(89)75-43(56(87)80-51(33(7)8)61(92)93)25-35-29-71-40-20-12-10-17-37(35)40/h9-12,16-17,19-20,28-33,38,41-45,48-51,70-71H,13-15,18,21-27,63-64H2,1-8H3,(H2,65,81)(H2,66,82)(H,72,83)(H,73,85)(H,74,90)(H,75,89)(H,76,91)(H,77,84)(H,78,86)(H,79,88)(H,80,87)(H,92,93)(H4,67,68,69). The number of fused-ring (bicyclic) bond motifs is 2. The van der Waals surface area contributed by atoms with Crippen LogP contribution in [0.3, 0.4) is 0 Å². The van der Waals surface area contributed by atoms with Gasteiger partial charge in [0.2, 0.25) is 65.0 Å². The van der Waals surface area contributed by atoms with Crippen LogP contribution >= 0.6 is 0 Å². The summed E-state index contributed by atoms with van der Waals surface area (Å²) in [5, 5.41) is 44.5. The van der Waals surface area contributed by atoms with Gasteiger partial charge in [0.05, 0.1) is 18.9 Å². The Morgan fingerprint density at radius 3 is 1.19 bits per heavy atom. The van der Waals surface area contributed by atoms with Gasteiger partial charge in [0.1, 0.15) is 54.4 Å². The first-order valence-electron chi connectivity index (χ1n) is 31.0. The number of aromatic nitrogens is 2. The van der Waals surface area contributed by atoms with E-state index in [0.717, 1.165) is 10.9 Å². The number of primary amides is 2. The Hall–Kier alpha value is -9.65. The molecule has 31 heteroatoms. The molecule has 11 amide bonds.